The van der Waals surface area contributed by atoms with Gasteiger partial charge in [0.1, 0.15) is 11.5 Å². The molecule has 2 nitrogen and oxygen atoms in total. The summed E-state index contributed by atoms with van der Waals surface area (Å²) in [5.74, 6) is 1.83. The molecule has 0 aliphatic heterocycles. The van der Waals surface area contributed by atoms with E-state index in [1.807, 2.05) is 49.4 Å². The maximum Gasteiger partial charge on any atom is 0.272 e. The van der Waals surface area contributed by atoms with Crippen LogP contribution in [0.15, 0.2) is 64.9 Å². The highest BCUT2D eigenvalue weighted by molar-refractivity contribution is 8.00. The number of rotatable bonds is 7. The first-order valence-corrected chi connectivity index (χ1v) is 10.8. The number of benzene rings is 2. The van der Waals surface area contributed by atoms with Crippen molar-refractivity contribution in [1.82, 2.24) is 0 Å². The van der Waals surface area contributed by atoms with E-state index in [4.69, 9.17) is 9.47 Å². The summed E-state index contributed by atoms with van der Waals surface area (Å²) >= 11 is 3.61. The molecule has 26 heavy (non-hydrogen) atoms. The highest BCUT2D eigenvalue weighted by atomic mass is 32.2. The molecule has 1 heterocycles. The lowest BCUT2D eigenvalue weighted by Gasteiger charge is -2.06. The van der Waals surface area contributed by atoms with E-state index in [2.05, 4.69) is 42.7 Å². The Morgan fingerprint density at radius 2 is 1.27 bits per heavy atom. The highest BCUT2D eigenvalue weighted by Gasteiger charge is 2.19. The molecule has 134 valence electrons. The molecule has 3 aromatic rings. The summed E-state index contributed by atoms with van der Waals surface area (Å²) < 4.78 is 12.4. The molecule has 0 aliphatic rings. The topological polar surface area (TPSA) is 18.5 Å². The molecule has 0 saturated heterocycles. The van der Waals surface area contributed by atoms with Crippen LogP contribution in [0.4, 0.5) is 0 Å². The van der Waals surface area contributed by atoms with Crippen LogP contribution in [-0.2, 0) is 0 Å². The maximum absolute atomic E-state index is 5.54. The predicted octanol–water partition coefficient (Wildman–Crippen LogP) is 6.88. The maximum atomic E-state index is 5.54. The summed E-state index contributed by atoms with van der Waals surface area (Å²) in [6.45, 7) is 5.38. The van der Waals surface area contributed by atoms with Gasteiger partial charge in [-0.15, -0.1) is 0 Å². The number of ether oxygens (including phenoxy) is 2. The molecule has 2 aromatic carbocycles. The molecular formula is C22H23O2S2+. The van der Waals surface area contributed by atoms with Gasteiger partial charge in [-0.1, -0.05) is 23.9 Å². The summed E-state index contributed by atoms with van der Waals surface area (Å²) in [6, 6.07) is 21.1. The standard InChI is InChI=1S/C22H23O2S2/c1-4-23-18-10-6-16(7-11-18)20-14-15-21(26-22(20)25-3)17-8-12-19(13-9-17)24-5-2/h6-15H,4-5H2,1-3H3/q+1. The summed E-state index contributed by atoms with van der Waals surface area (Å²) in [6.07, 6.45) is 2.13. The van der Waals surface area contributed by atoms with E-state index in [-0.39, 0.29) is 0 Å². The van der Waals surface area contributed by atoms with Crippen molar-refractivity contribution in [3.05, 3.63) is 60.7 Å². The van der Waals surface area contributed by atoms with Crippen molar-refractivity contribution in [2.45, 2.75) is 18.1 Å². The first-order chi connectivity index (χ1) is 12.7. The van der Waals surface area contributed by atoms with E-state index in [9.17, 15) is 0 Å². The average Bonchev–Trinajstić information content (AvgIpc) is 2.69. The van der Waals surface area contributed by atoms with Crippen molar-refractivity contribution in [3.63, 3.8) is 0 Å². The van der Waals surface area contributed by atoms with Crippen LogP contribution < -0.4 is 9.47 Å². The Labute approximate surface area is 163 Å². The van der Waals surface area contributed by atoms with Crippen molar-refractivity contribution in [2.24, 2.45) is 0 Å². The van der Waals surface area contributed by atoms with Crippen molar-refractivity contribution < 1.29 is 9.47 Å². The van der Waals surface area contributed by atoms with E-state index in [1.54, 1.807) is 11.8 Å². The van der Waals surface area contributed by atoms with Crippen LogP contribution >= 0.6 is 23.1 Å². The Bertz CT molecular complexity index is 843. The van der Waals surface area contributed by atoms with E-state index >= 15 is 0 Å². The van der Waals surface area contributed by atoms with E-state index < -0.39 is 0 Å². The number of hydrogen-bond acceptors (Lipinski definition) is 3. The van der Waals surface area contributed by atoms with Gasteiger partial charge >= 0.3 is 0 Å². The zero-order valence-electron chi connectivity index (χ0n) is 15.3. The quantitative estimate of drug-likeness (QED) is 0.327. The summed E-state index contributed by atoms with van der Waals surface area (Å²) in [5, 5.41) is 0. The fourth-order valence-electron chi connectivity index (χ4n) is 2.72. The second-order valence-corrected chi connectivity index (χ2v) is 7.75. The number of thioether (sulfide) groups is 1. The molecule has 0 aliphatic carbocycles. The summed E-state index contributed by atoms with van der Waals surface area (Å²) in [4.78, 5) is 1.26. The fraction of sp³-hybridized carbons (Fsp3) is 0.227. The van der Waals surface area contributed by atoms with Gasteiger partial charge in [-0.3, -0.25) is 0 Å². The van der Waals surface area contributed by atoms with Gasteiger partial charge in [0.05, 0.1) is 18.8 Å². The third-order valence-corrected chi connectivity index (χ3v) is 6.27. The molecule has 0 bridgehead atoms. The first-order valence-electron chi connectivity index (χ1n) is 8.72. The molecule has 0 N–H and O–H groups in total. The minimum atomic E-state index is 0.689. The lowest BCUT2D eigenvalue weighted by Crippen LogP contribution is -1.91. The molecule has 1 aromatic heterocycles. The van der Waals surface area contributed by atoms with Crippen LogP contribution in [0, 0.1) is 0 Å². The Kier molecular flexibility index (Phi) is 6.53. The molecule has 0 saturated carbocycles. The van der Waals surface area contributed by atoms with Gasteiger partial charge in [-0.2, -0.15) is 0 Å². The highest BCUT2D eigenvalue weighted by Crippen LogP contribution is 2.39. The monoisotopic (exact) mass is 383 g/mol. The zero-order chi connectivity index (χ0) is 18.4. The van der Waals surface area contributed by atoms with Crippen molar-refractivity contribution in [3.8, 4) is 33.1 Å². The van der Waals surface area contributed by atoms with Gasteiger partial charge < -0.3 is 9.47 Å². The Hall–Kier alpha value is -2.04. The molecule has 0 fully saturated rings. The molecule has 0 radical (unpaired) electrons. The van der Waals surface area contributed by atoms with Crippen molar-refractivity contribution in [2.75, 3.05) is 19.5 Å². The Balaban J connectivity index is 1.89. The number of hydrogen-bond donors (Lipinski definition) is 0. The van der Waals surface area contributed by atoms with Gasteiger partial charge in [-0.05, 0) is 68.1 Å². The largest absolute Gasteiger partial charge is 0.494 e. The van der Waals surface area contributed by atoms with Gasteiger partial charge in [0, 0.05) is 11.6 Å². The van der Waals surface area contributed by atoms with Gasteiger partial charge in [-0.25, -0.2) is 0 Å². The summed E-state index contributed by atoms with van der Waals surface area (Å²) in [5.41, 5.74) is 3.69. The Morgan fingerprint density at radius 3 is 1.77 bits per heavy atom. The smallest absolute Gasteiger partial charge is 0.272 e. The van der Waals surface area contributed by atoms with Gasteiger partial charge in [0.25, 0.3) is 4.21 Å². The Morgan fingerprint density at radius 1 is 0.731 bits per heavy atom. The molecule has 3 rings (SSSR count). The fourth-order valence-corrected chi connectivity index (χ4v) is 4.61. The van der Waals surface area contributed by atoms with Gasteiger partial charge in [0.15, 0.2) is 0 Å². The van der Waals surface area contributed by atoms with Gasteiger partial charge in [0.2, 0.25) is 16.2 Å². The SMILES string of the molecule is CCOc1ccc(-c2ccc(-c3ccc(OCC)cc3)c(SC)[s+]2)cc1. The molecule has 0 atom stereocenters. The van der Waals surface area contributed by atoms with Crippen LogP contribution in [-0.4, -0.2) is 19.5 Å². The second-order valence-electron chi connectivity index (χ2n) is 5.62. The van der Waals surface area contributed by atoms with Crippen LogP contribution in [0.5, 0.6) is 11.5 Å². The lowest BCUT2D eigenvalue weighted by molar-refractivity contribution is 0.340. The molecular weight excluding hydrogens is 360 g/mol. The van der Waals surface area contributed by atoms with E-state index in [1.165, 1.54) is 25.8 Å². The van der Waals surface area contributed by atoms with E-state index in [0.717, 1.165) is 11.5 Å². The van der Waals surface area contributed by atoms with Crippen LogP contribution in [0.2, 0.25) is 0 Å². The summed E-state index contributed by atoms with van der Waals surface area (Å²) in [7, 11) is 0. The normalized spacial score (nSPS) is 10.6. The average molecular weight is 384 g/mol. The third-order valence-electron chi connectivity index (χ3n) is 3.94. The van der Waals surface area contributed by atoms with Crippen LogP contribution in [0.3, 0.4) is 0 Å². The lowest BCUT2D eigenvalue weighted by atomic mass is 10.1. The van der Waals surface area contributed by atoms with E-state index in [0.29, 0.717) is 13.2 Å². The molecule has 4 heteroatoms. The molecule has 0 spiro atoms. The first kappa shape index (κ1) is 18.7. The van der Waals surface area contributed by atoms with Crippen LogP contribution in [0.1, 0.15) is 13.8 Å². The second kappa shape index (κ2) is 9.06. The van der Waals surface area contributed by atoms with Crippen molar-refractivity contribution >= 4 is 23.1 Å². The van der Waals surface area contributed by atoms with Crippen molar-refractivity contribution in [1.29, 1.82) is 0 Å². The van der Waals surface area contributed by atoms with Crippen LogP contribution in [0.25, 0.3) is 21.6 Å². The molecule has 0 amide bonds. The molecule has 0 unspecified atom stereocenters. The zero-order valence-corrected chi connectivity index (χ0v) is 17.0. The minimum absolute atomic E-state index is 0.689. The predicted molar refractivity (Wildman–Crippen MR) is 114 cm³/mol. The third kappa shape index (κ3) is 4.37. The minimum Gasteiger partial charge on any atom is -0.494 e.